The molecule has 1 aromatic carbocycles. The molecule has 1 fully saturated rings. The van der Waals surface area contributed by atoms with Crippen molar-refractivity contribution < 1.29 is 4.74 Å². The van der Waals surface area contributed by atoms with Crippen LogP contribution < -0.4 is 10.1 Å². The Morgan fingerprint density at radius 2 is 1.75 bits per heavy atom. The zero-order valence-corrected chi connectivity index (χ0v) is 13.5. The van der Waals surface area contributed by atoms with E-state index in [0.717, 1.165) is 25.4 Å². The van der Waals surface area contributed by atoms with Crippen LogP contribution in [0.5, 0.6) is 5.75 Å². The summed E-state index contributed by atoms with van der Waals surface area (Å²) in [7, 11) is 0. The molecule has 112 valence electrons. The first-order chi connectivity index (χ1) is 9.51. The lowest BCUT2D eigenvalue weighted by molar-refractivity contribution is 0.0564. The van der Waals surface area contributed by atoms with Crippen LogP contribution in [0, 0.1) is 5.41 Å². The van der Waals surface area contributed by atoms with Crippen LogP contribution in [-0.4, -0.2) is 19.7 Å². The first-order valence-corrected chi connectivity index (χ1v) is 7.95. The minimum absolute atomic E-state index is 0.323. The summed E-state index contributed by atoms with van der Waals surface area (Å²) in [6.45, 7) is 11.9. The molecule has 2 nitrogen and oxygen atoms in total. The molecule has 1 saturated carbocycles. The van der Waals surface area contributed by atoms with Gasteiger partial charge in [0.2, 0.25) is 0 Å². The fourth-order valence-electron chi connectivity index (χ4n) is 3.79. The van der Waals surface area contributed by atoms with Crippen molar-refractivity contribution >= 4 is 0 Å². The number of rotatable bonds is 7. The van der Waals surface area contributed by atoms with Crippen molar-refractivity contribution in [3.63, 3.8) is 0 Å². The topological polar surface area (TPSA) is 21.3 Å². The standard InChI is InChI=1S/C18H29NO/c1-5-11-19-14-18(12-17(3,4)13-18)15-7-9-16(10-8-15)20-6-2/h7-10,19H,5-6,11-14H2,1-4H3. The second-order valence-corrected chi connectivity index (χ2v) is 6.93. The molecule has 0 aromatic heterocycles. The third-order valence-corrected chi connectivity index (χ3v) is 4.30. The third kappa shape index (κ3) is 3.35. The van der Waals surface area contributed by atoms with E-state index in [9.17, 15) is 0 Å². The van der Waals surface area contributed by atoms with Crippen molar-refractivity contribution in [1.29, 1.82) is 0 Å². The van der Waals surface area contributed by atoms with Crippen LogP contribution in [0.15, 0.2) is 24.3 Å². The highest BCUT2D eigenvalue weighted by Gasteiger charge is 2.49. The quantitative estimate of drug-likeness (QED) is 0.755. The minimum atomic E-state index is 0.323. The molecule has 0 amide bonds. The Labute approximate surface area is 123 Å². The smallest absolute Gasteiger partial charge is 0.119 e. The van der Waals surface area contributed by atoms with Gasteiger partial charge in [-0.3, -0.25) is 0 Å². The number of benzene rings is 1. The first kappa shape index (κ1) is 15.4. The molecule has 1 aliphatic carbocycles. The van der Waals surface area contributed by atoms with E-state index < -0.39 is 0 Å². The SMILES string of the molecule is CCCNCC1(c2ccc(OCC)cc2)CC(C)(C)C1. The van der Waals surface area contributed by atoms with Gasteiger partial charge in [-0.25, -0.2) is 0 Å². The Kier molecular flexibility index (Phi) is 4.74. The average Bonchev–Trinajstić information content (AvgIpc) is 2.38. The molecule has 0 saturated heterocycles. The Bertz CT molecular complexity index is 414. The fourth-order valence-corrected chi connectivity index (χ4v) is 3.79. The molecule has 1 N–H and O–H groups in total. The molecule has 0 spiro atoms. The summed E-state index contributed by atoms with van der Waals surface area (Å²) in [5, 5.41) is 3.62. The van der Waals surface area contributed by atoms with Gasteiger partial charge in [0.25, 0.3) is 0 Å². The molecule has 1 aliphatic rings. The lowest BCUT2D eigenvalue weighted by Gasteiger charge is -2.54. The molecule has 0 heterocycles. The van der Waals surface area contributed by atoms with Crippen molar-refractivity contribution in [1.82, 2.24) is 5.32 Å². The highest BCUT2D eigenvalue weighted by atomic mass is 16.5. The van der Waals surface area contributed by atoms with Gasteiger partial charge in [-0.1, -0.05) is 32.9 Å². The highest BCUT2D eigenvalue weighted by molar-refractivity contribution is 5.35. The minimum Gasteiger partial charge on any atom is -0.494 e. The zero-order chi connectivity index (χ0) is 14.6. The Hall–Kier alpha value is -1.02. The lowest BCUT2D eigenvalue weighted by Crippen LogP contribution is -2.52. The monoisotopic (exact) mass is 275 g/mol. The molecule has 0 bridgehead atoms. The number of hydrogen-bond acceptors (Lipinski definition) is 2. The summed E-state index contributed by atoms with van der Waals surface area (Å²) < 4.78 is 5.55. The van der Waals surface area contributed by atoms with Crippen molar-refractivity contribution in [2.75, 3.05) is 19.7 Å². The molecule has 2 rings (SSSR count). The highest BCUT2D eigenvalue weighted by Crippen LogP contribution is 2.55. The zero-order valence-electron chi connectivity index (χ0n) is 13.5. The van der Waals surface area contributed by atoms with Crippen LogP contribution in [0.2, 0.25) is 0 Å². The van der Waals surface area contributed by atoms with Gasteiger partial charge in [-0.2, -0.15) is 0 Å². The maximum Gasteiger partial charge on any atom is 0.119 e. The normalized spacial score (nSPS) is 19.4. The number of nitrogens with one attached hydrogen (secondary N) is 1. The van der Waals surface area contributed by atoms with Gasteiger partial charge < -0.3 is 10.1 Å². The summed E-state index contributed by atoms with van der Waals surface area (Å²) in [6.07, 6.45) is 3.73. The van der Waals surface area contributed by atoms with Crippen LogP contribution >= 0.6 is 0 Å². The van der Waals surface area contributed by atoms with E-state index in [-0.39, 0.29) is 0 Å². The van der Waals surface area contributed by atoms with E-state index in [1.165, 1.54) is 24.8 Å². The summed E-state index contributed by atoms with van der Waals surface area (Å²) >= 11 is 0. The van der Waals surface area contributed by atoms with Crippen molar-refractivity contribution in [2.24, 2.45) is 5.41 Å². The van der Waals surface area contributed by atoms with Crippen molar-refractivity contribution in [3.8, 4) is 5.75 Å². The summed E-state index contributed by atoms with van der Waals surface area (Å²) in [4.78, 5) is 0. The third-order valence-electron chi connectivity index (χ3n) is 4.30. The molecule has 2 heteroatoms. The molecule has 0 atom stereocenters. The van der Waals surface area contributed by atoms with E-state index in [4.69, 9.17) is 4.74 Å². The maximum atomic E-state index is 5.55. The summed E-state index contributed by atoms with van der Waals surface area (Å²) in [5.41, 5.74) is 2.26. The molecule has 0 radical (unpaired) electrons. The van der Waals surface area contributed by atoms with Gasteiger partial charge >= 0.3 is 0 Å². The Balaban J connectivity index is 2.10. The van der Waals surface area contributed by atoms with Crippen LogP contribution in [0.25, 0.3) is 0 Å². The van der Waals surface area contributed by atoms with E-state index in [2.05, 4.69) is 50.4 Å². The Morgan fingerprint density at radius 3 is 2.25 bits per heavy atom. The number of ether oxygens (including phenoxy) is 1. The fraction of sp³-hybridized carbons (Fsp3) is 0.667. The van der Waals surface area contributed by atoms with E-state index >= 15 is 0 Å². The van der Waals surface area contributed by atoms with Gasteiger partial charge in [0, 0.05) is 12.0 Å². The van der Waals surface area contributed by atoms with Gasteiger partial charge in [-0.15, -0.1) is 0 Å². The van der Waals surface area contributed by atoms with Crippen molar-refractivity contribution in [2.45, 2.75) is 52.4 Å². The van der Waals surface area contributed by atoms with E-state index in [1.807, 2.05) is 6.92 Å². The van der Waals surface area contributed by atoms with Crippen LogP contribution in [0.3, 0.4) is 0 Å². The largest absolute Gasteiger partial charge is 0.494 e. The summed E-state index contributed by atoms with van der Waals surface area (Å²) in [5.74, 6) is 0.978. The molecular weight excluding hydrogens is 246 g/mol. The molecule has 20 heavy (non-hydrogen) atoms. The van der Waals surface area contributed by atoms with Gasteiger partial charge in [0.05, 0.1) is 6.61 Å². The van der Waals surface area contributed by atoms with Crippen LogP contribution in [0.1, 0.15) is 52.5 Å². The van der Waals surface area contributed by atoms with Gasteiger partial charge in [-0.05, 0) is 55.8 Å². The van der Waals surface area contributed by atoms with Gasteiger partial charge in [0.1, 0.15) is 5.75 Å². The number of hydrogen-bond donors (Lipinski definition) is 1. The Morgan fingerprint density at radius 1 is 1.10 bits per heavy atom. The van der Waals surface area contributed by atoms with Gasteiger partial charge in [0.15, 0.2) is 0 Å². The van der Waals surface area contributed by atoms with E-state index in [1.54, 1.807) is 0 Å². The second kappa shape index (κ2) is 6.17. The second-order valence-electron chi connectivity index (χ2n) is 6.93. The van der Waals surface area contributed by atoms with E-state index in [0.29, 0.717) is 10.8 Å². The predicted octanol–water partition coefficient (Wildman–Crippen LogP) is 4.14. The molecule has 0 unspecified atom stereocenters. The average molecular weight is 275 g/mol. The molecule has 0 aliphatic heterocycles. The predicted molar refractivity (Wildman–Crippen MR) is 85.5 cm³/mol. The maximum absolute atomic E-state index is 5.55. The first-order valence-electron chi connectivity index (χ1n) is 7.95. The molecule has 1 aromatic rings. The van der Waals surface area contributed by atoms with Crippen LogP contribution in [0.4, 0.5) is 0 Å². The van der Waals surface area contributed by atoms with Crippen molar-refractivity contribution in [3.05, 3.63) is 29.8 Å². The lowest BCUT2D eigenvalue weighted by atomic mass is 9.52. The summed E-state index contributed by atoms with van der Waals surface area (Å²) in [6, 6.07) is 8.75. The molecular formula is C18H29NO. The van der Waals surface area contributed by atoms with Crippen LogP contribution in [-0.2, 0) is 5.41 Å².